The normalized spacial score (nSPS) is 30.6. The predicted octanol–water partition coefficient (Wildman–Crippen LogP) is 3.84. The molecular formula is C29H34N2O6. The van der Waals surface area contributed by atoms with Crippen molar-refractivity contribution in [3.8, 4) is 28.7 Å². The Morgan fingerprint density at radius 3 is 2.65 bits per heavy atom. The number of benzene rings is 2. The molecular weight excluding hydrogens is 472 g/mol. The topological polar surface area (TPSA) is 83.9 Å². The Hall–Kier alpha value is -2.94. The summed E-state index contributed by atoms with van der Waals surface area (Å²) in [7, 11) is 1.61. The van der Waals surface area contributed by atoms with E-state index in [4.69, 9.17) is 18.9 Å². The molecule has 5 aliphatic heterocycles. The monoisotopic (exact) mass is 506 g/mol. The SMILES string of the molecule is C=CCOc1c(C)c2c(c3c1CC1C4c5c(cc(C)c(OC)c5O)C5C[C@@H]([C@H](C)N1[C@H]3CO)N54)OCO2. The van der Waals surface area contributed by atoms with Gasteiger partial charge in [-0.3, -0.25) is 9.80 Å². The van der Waals surface area contributed by atoms with Crippen LogP contribution in [0.15, 0.2) is 18.7 Å². The van der Waals surface area contributed by atoms with Crippen molar-refractivity contribution in [1.29, 1.82) is 0 Å². The third-order valence-corrected chi connectivity index (χ3v) is 9.44. The number of rotatable bonds is 5. The van der Waals surface area contributed by atoms with E-state index in [9.17, 15) is 10.2 Å². The van der Waals surface area contributed by atoms with Gasteiger partial charge in [0.25, 0.3) is 0 Å². The fourth-order valence-electron chi connectivity index (χ4n) is 8.08. The standard InChI is InChI=1S/C29H34N2O6/c1-6-7-35-27-14(3)28-29(37-12-36-28)22-17(27)9-20-24-23-16(8-13(2)26(34-5)25(23)33)19-10-18(31(19)24)15(4)30(20)21(22)11-32/h6,8,15,18-21,24,32-33H,1,7,9-12H2,2-5H3/t15-,18-,19?,20?,21-,24?/m0/s1. The molecule has 5 heterocycles. The molecule has 6 atom stereocenters. The molecule has 8 heteroatoms. The van der Waals surface area contributed by atoms with Crippen molar-refractivity contribution in [2.45, 2.75) is 69.9 Å². The smallest absolute Gasteiger partial charge is 0.231 e. The van der Waals surface area contributed by atoms with Crippen molar-refractivity contribution in [1.82, 2.24) is 9.80 Å². The van der Waals surface area contributed by atoms with Crippen LogP contribution in [-0.4, -0.2) is 65.3 Å². The van der Waals surface area contributed by atoms with Crippen LogP contribution in [0.3, 0.4) is 0 Å². The summed E-state index contributed by atoms with van der Waals surface area (Å²) in [6.45, 7) is 10.6. The molecule has 196 valence electrons. The first kappa shape index (κ1) is 23.2. The summed E-state index contributed by atoms with van der Waals surface area (Å²) >= 11 is 0. The van der Waals surface area contributed by atoms with Gasteiger partial charge in [-0.15, -0.1) is 0 Å². The third-order valence-electron chi connectivity index (χ3n) is 9.44. The Morgan fingerprint density at radius 1 is 1.14 bits per heavy atom. The third kappa shape index (κ3) is 2.78. The number of methoxy groups -OCH3 is 1. The molecule has 0 amide bonds. The van der Waals surface area contributed by atoms with Gasteiger partial charge in [0.2, 0.25) is 6.79 Å². The fourth-order valence-corrected chi connectivity index (χ4v) is 8.08. The first-order chi connectivity index (χ1) is 17.9. The van der Waals surface area contributed by atoms with Crippen LogP contribution < -0.4 is 18.9 Å². The number of phenolic OH excluding ortho intramolecular Hbond substituents is 1. The van der Waals surface area contributed by atoms with Gasteiger partial charge >= 0.3 is 0 Å². The highest BCUT2D eigenvalue weighted by Gasteiger charge is 2.63. The van der Waals surface area contributed by atoms with E-state index in [-0.39, 0.29) is 43.3 Å². The molecule has 0 aliphatic carbocycles. The minimum Gasteiger partial charge on any atom is -0.504 e. The highest BCUT2D eigenvalue weighted by molar-refractivity contribution is 5.67. The molecule has 2 saturated heterocycles. The number of ether oxygens (including phenoxy) is 4. The number of aromatic hydroxyl groups is 1. The van der Waals surface area contributed by atoms with Crippen LogP contribution in [0, 0.1) is 13.8 Å². The zero-order valence-corrected chi connectivity index (χ0v) is 21.8. The predicted molar refractivity (Wildman–Crippen MR) is 137 cm³/mol. The molecule has 5 aliphatic rings. The van der Waals surface area contributed by atoms with Crippen molar-refractivity contribution >= 4 is 0 Å². The molecule has 2 aromatic rings. The second-order valence-corrected chi connectivity index (χ2v) is 11.0. The average molecular weight is 507 g/mol. The number of aryl methyl sites for hydroxylation is 1. The minimum atomic E-state index is -0.273. The number of fused-ring (bicyclic) bond motifs is 8. The molecule has 0 radical (unpaired) electrons. The summed E-state index contributed by atoms with van der Waals surface area (Å²) in [6.07, 6.45) is 3.48. The van der Waals surface area contributed by atoms with E-state index in [2.05, 4.69) is 29.4 Å². The molecule has 2 aromatic carbocycles. The molecule has 0 saturated carbocycles. The van der Waals surface area contributed by atoms with Crippen LogP contribution >= 0.6 is 0 Å². The van der Waals surface area contributed by atoms with Crippen LogP contribution in [0.1, 0.15) is 64.9 Å². The first-order valence-corrected chi connectivity index (χ1v) is 13.2. The second-order valence-electron chi connectivity index (χ2n) is 11.0. The number of hydrogen-bond acceptors (Lipinski definition) is 8. The van der Waals surface area contributed by atoms with E-state index in [1.54, 1.807) is 13.2 Å². The number of phenols is 1. The van der Waals surface area contributed by atoms with E-state index in [1.807, 2.05) is 13.8 Å². The van der Waals surface area contributed by atoms with E-state index < -0.39 is 0 Å². The molecule has 2 N–H and O–H groups in total. The quantitative estimate of drug-likeness (QED) is 0.592. The summed E-state index contributed by atoms with van der Waals surface area (Å²) in [5, 5.41) is 22.4. The summed E-state index contributed by atoms with van der Waals surface area (Å²) in [5.74, 6) is 3.02. The zero-order chi connectivity index (χ0) is 25.7. The van der Waals surface area contributed by atoms with Crippen LogP contribution in [0.4, 0.5) is 0 Å². The van der Waals surface area contributed by atoms with Gasteiger partial charge < -0.3 is 29.2 Å². The first-order valence-electron chi connectivity index (χ1n) is 13.2. The lowest BCUT2D eigenvalue weighted by molar-refractivity contribution is -0.155. The van der Waals surface area contributed by atoms with E-state index in [0.717, 1.165) is 45.7 Å². The largest absolute Gasteiger partial charge is 0.504 e. The molecule has 37 heavy (non-hydrogen) atoms. The fraction of sp³-hybridized carbons (Fsp3) is 0.517. The lowest BCUT2D eigenvalue weighted by Gasteiger charge is -2.63. The van der Waals surface area contributed by atoms with Crippen LogP contribution in [0.25, 0.3) is 0 Å². The number of hydrogen-bond donors (Lipinski definition) is 2. The van der Waals surface area contributed by atoms with Gasteiger partial charge in [-0.25, -0.2) is 0 Å². The van der Waals surface area contributed by atoms with Crippen molar-refractivity contribution < 1.29 is 29.2 Å². The number of piperazine rings is 1. The highest BCUT2D eigenvalue weighted by atomic mass is 16.7. The van der Waals surface area contributed by atoms with Crippen LogP contribution in [0.2, 0.25) is 0 Å². The van der Waals surface area contributed by atoms with Crippen LogP contribution in [0.5, 0.6) is 28.7 Å². The maximum absolute atomic E-state index is 11.5. The molecule has 0 aromatic heterocycles. The Labute approximate surface area is 217 Å². The summed E-state index contributed by atoms with van der Waals surface area (Å²) < 4.78 is 23.8. The van der Waals surface area contributed by atoms with Gasteiger partial charge in [0.1, 0.15) is 12.4 Å². The maximum Gasteiger partial charge on any atom is 0.231 e. The van der Waals surface area contributed by atoms with Gasteiger partial charge in [-0.2, -0.15) is 0 Å². The Bertz CT molecular complexity index is 1320. The van der Waals surface area contributed by atoms with E-state index in [0.29, 0.717) is 36.6 Å². The van der Waals surface area contributed by atoms with Crippen molar-refractivity contribution in [3.63, 3.8) is 0 Å². The summed E-state index contributed by atoms with van der Waals surface area (Å²) in [6, 6.07) is 2.81. The lowest BCUT2D eigenvalue weighted by atomic mass is 9.75. The zero-order valence-electron chi connectivity index (χ0n) is 21.8. The van der Waals surface area contributed by atoms with Gasteiger partial charge in [0, 0.05) is 46.4 Å². The van der Waals surface area contributed by atoms with Gasteiger partial charge in [-0.1, -0.05) is 18.7 Å². The van der Waals surface area contributed by atoms with Gasteiger partial charge in [0.15, 0.2) is 23.0 Å². The lowest BCUT2D eigenvalue weighted by Crippen LogP contribution is -2.69. The molecule has 8 nitrogen and oxygen atoms in total. The molecule has 7 rings (SSSR count). The van der Waals surface area contributed by atoms with Gasteiger partial charge in [0.05, 0.1) is 25.8 Å². The number of aliphatic hydroxyl groups excluding tert-OH is 1. The van der Waals surface area contributed by atoms with Gasteiger partial charge in [-0.05, 0) is 44.7 Å². The molecule has 3 unspecified atom stereocenters. The minimum absolute atomic E-state index is 0.00960. The summed E-state index contributed by atoms with van der Waals surface area (Å²) in [5.41, 5.74) is 6.08. The Balaban J connectivity index is 1.44. The Morgan fingerprint density at radius 2 is 1.92 bits per heavy atom. The number of aliphatic hydroxyl groups is 1. The van der Waals surface area contributed by atoms with Crippen molar-refractivity contribution in [2.75, 3.05) is 27.1 Å². The number of nitrogens with zero attached hydrogens (tertiary/aromatic N) is 2. The van der Waals surface area contributed by atoms with Crippen LogP contribution in [-0.2, 0) is 6.42 Å². The highest BCUT2D eigenvalue weighted by Crippen LogP contribution is 2.65. The van der Waals surface area contributed by atoms with Crippen molar-refractivity contribution in [2.24, 2.45) is 0 Å². The van der Waals surface area contributed by atoms with E-state index >= 15 is 0 Å². The van der Waals surface area contributed by atoms with E-state index in [1.165, 1.54) is 5.56 Å². The molecule has 2 fully saturated rings. The second kappa shape index (κ2) is 8.03. The maximum atomic E-state index is 11.5. The Kier molecular flexibility index (Phi) is 5.03. The summed E-state index contributed by atoms with van der Waals surface area (Å²) in [4.78, 5) is 5.07. The van der Waals surface area contributed by atoms with Crippen molar-refractivity contribution in [3.05, 3.63) is 52.1 Å². The molecule has 0 bridgehead atoms. The molecule has 0 spiro atoms. The average Bonchev–Trinajstić information content (AvgIpc) is 3.45.